The largest absolute Gasteiger partial charge is 0.478 e. The molecule has 0 aromatic heterocycles. The van der Waals surface area contributed by atoms with Crippen molar-refractivity contribution in [1.29, 1.82) is 0 Å². The van der Waals surface area contributed by atoms with E-state index < -0.39 is 11.9 Å². The minimum Gasteiger partial charge on any atom is -0.478 e. The lowest BCUT2D eigenvalue weighted by atomic mass is 10.0. The molecule has 5 nitrogen and oxygen atoms in total. The lowest BCUT2D eigenvalue weighted by Gasteiger charge is -2.13. The smallest absolute Gasteiger partial charge is 0.335 e. The summed E-state index contributed by atoms with van der Waals surface area (Å²) in [5.74, 6) is -1.19. The first-order valence-electron chi connectivity index (χ1n) is 7.63. The highest BCUT2D eigenvalue weighted by Gasteiger charge is 2.14. The molecule has 136 valence electrons. The summed E-state index contributed by atoms with van der Waals surface area (Å²) in [6.45, 7) is 4.13. The maximum atomic E-state index is 12.3. The van der Waals surface area contributed by atoms with Gasteiger partial charge in [-0.25, -0.2) is 4.79 Å². The van der Waals surface area contributed by atoms with E-state index in [0.29, 0.717) is 11.5 Å². The van der Waals surface area contributed by atoms with E-state index in [1.807, 2.05) is 12.1 Å². The second-order valence-corrected chi connectivity index (χ2v) is 7.00. The number of hydrogen-bond acceptors (Lipinski definition) is 3. The highest BCUT2D eigenvalue weighted by Crippen LogP contribution is 2.31. The first-order valence-corrected chi connectivity index (χ1v) is 8.80. The first-order chi connectivity index (χ1) is 12.2. The van der Waals surface area contributed by atoms with Crippen molar-refractivity contribution in [2.75, 3.05) is 5.32 Å². The van der Waals surface area contributed by atoms with Crippen molar-refractivity contribution >= 4 is 58.1 Å². The fourth-order valence-electron chi connectivity index (χ4n) is 2.15. The molecule has 0 saturated heterocycles. The summed E-state index contributed by atoms with van der Waals surface area (Å²) in [5.41, 5.74) is 1.70. The number of aromatic carboxylic acids is 1. The number of carboxylic acid groups (broad SMARTS) is 1. The van der Waals surface area contributed by atoms with Gasteiger partial charge in [0.2, 0.25) is 0 Å². The van der Waals surface area contributed by atoms with Crippen molar-refractivity contribution in [3.05, 3.63) is 63.1 Å². The van der Waals surface area contributed by atoms with Gasteiger partial charge in [-0.15, -0.1) is 0 Å². The number of nitrogens with one attached hydrogen (secondary N) is 2. The summed E-state index contributed by atoms with van der Waals surface area (Å²) in [4.78, 5) is 23.4. The van der Waals surface area contributed by atoms with Crippen LogP contribution in [0.1, 0.15) is 46.0 Å². The van der Waals surface area contributed by atoms with E-state index in [4.69, 9.17) is 40.5 Å². The van der Waals surface area contributed by atoms with E-state index in [1.165, 1.54) is 12.1 Å². The molecule has 0 unspecified atom stereocenters. The summed E-state index contributed by atoms with van der Waals surface area (Å²) < 4.78 is 0. The van der Waals surface area contributed by atoms with Crippen LogP contribution in [0.15, 0.2) is 36.4 Å². The average Bonchev–Trinajstić information content (AvgIpc) is 2.58. The van der Waals surface area contributed by atoms with Gasteiger partial charge in [-0.3, -0.25) is 10.1 Å². The Kier molecular flexibility index (Phi) is 6.58. The van der Waals surface area contributed by atoms with Crippen molar-refractivity contribution < 1.29 is 14.7 Å². The van der Waals surface area contributed by atoms with E-state index in [-0.39, 0.29) is 26.4 Å². The Hall–Kier alpha value is -2.15. The summed E-state index contributed by atoms with van der Waals surface area (Å²) in [7, 11) is 0. The third-order valence-corrected chi connectivity index (χ3v) is 4.60. The van der Waals surface area contributed by atoms with Gasteiger partial charge < -0.3 is 10.4 Å². The maximum absolute atomic E-state index is 12.3. The van der Waals surface area contributed by atoms with Crippen molar-refractivity contribution in [3.8, 4) is 0 Å². The third-order valence-electron chi connectivity index (χ3n) is 3.59. The van der Waals surface area contributed by atoms with Crippen LogP contribution in [0.3, 0.4) is 0 Å². The molecule has 0 fully saturated rings. The second-order valence-electron chi connectivity index (χ2n) is 5.81. The molecule has 0 saturated carbocycles. The Labute approximate surface area is 166 Å². The molecule has 0 atom stereocenters. The molecule has 0 bridgehead atoms. The van der Waals surface area contributed by atoms with Crippen LogP contribution in [-0.2, 0) is 0 Å². The number of amides is 1. The van der Waals surface area contributed by atoms with Gasteiger partial charge in [-0.05, 0) is 48.0 Å². The molecule has 2 aromatic rings. The van der Waals surface area contributed by atoms with Crippen LogP contribution in [0.25, 0.3) is 0 Å². The maximum Gasteiger partial charge on any atom is 0.335 e. The molecule has 0 aliphatic rings. The Morgan fingerprint density at radius 1 is 1.08 bits per heavy atom. The molecule has 2 rings (SSSR count). The van der Waals surface area contributed by atoms with Crippen molar-refractivity contribution in [2.24, 2.45) is 0 Å². The van der Waals surface area contributed by atoms with Crippen LogP contribution < -0.4 is 10.6 Å². The highest BCUT2D eigenvalue weighted by molar-refractivity contribution is 7.80. The number of carbonyl (C=O) groups excluding carboxylic acids is 1. The highest BCUT2D eigenvalue weighted by atomic mass is 35.5. The monoisotopic (exact) mass is 410 g/mol. The standard InChI is InChI=1S/C18H16Cl2N2O3S/c1-9(2)10-3-5-11(6-4-10)16(23)22-18(26)21-14-8-12(17(24)25)7-13(19)15(14)20/h3-9H,1-2H3,(H,24,25)(H2,21,22,23,26). The van der Waals surface area contributed by atoms with Crippen LogP contribution in [0, 0.1) is 0 Å². The van der Waals surface area contributed by atoms with E-state index in [1.54, 1.807) is 12.1 Å². The lowest BCUT2D eigenvalue weighted by molar-refractivity contribution is 0.0696. The molecule has 26 heavy (non-hydrogen) atoms. The minimum absolute atomic E-state index is 0.0246. The summed E-state index contributed by atoms with van der Waals surface area (Å²) >= 11 is 17.1. The average molecular weight is 411 g/mol. The van der Waals surface area contributed by atoms with Crippen LogP contribution in [0.4, 0.5) is 5.69 Å². The van der Waals surface area contributed by atoms with Gasteiger partial charge >= 0.3 is 5.97 Å². The zero-order valence-electron chi connectivity index (χ0n) is 14.0. The number of rotatable bonds is 4. The van der Waals surface area contributed by atoms with E-state index in [9.17, 15) is 9.59 Å². The van der Waals surface area contributed by atoms with E-state index in [2.05, 4.69) is 24.5 Å². The molecule has 1 amide bonds. The van der Waals surface area contributed by atoms with Crippen molar-refractivity contribution in [2.45, 2.75) is 19.8 Å². The van der Waals surface area contributed by atoms with Gasteiger partial charge in [-0.2, -0.15) is 0 Å². The predicted molar refractivity (Wildman–Crippen MR) is 108 cm³/mol. The molecular formula is C18H16Cl2N2O3S. The molecule has 2 aromatic carbocycles. The van der Waals surface area contributed by atoms with Gasteiger partial charge in [0, 0.05) is 5.56 Å². The van der Waals surface area contributed by atoms with Crippen LogP contribution >= 0.6 is 35.4 Å². The second kappa shape index (κ2) is 8.49. The molecule has 0 spiro atoms. The first kappa shape index (κ1) is 20.2. The molecule has 0 radical (unpaired) electrons. The van der Waals surface area contributed by atoms with Crippen LogP contribution in [0.2, 0.25) is 10.0 Å². The van der Waals surface area contributed by atoms with Gasteiger partial charge in [0.1, 0.15) is 0 Å². The van der Waals surface area contributed by atoms with Crippen LogP contribution in [-0.4, -0.2) is 22.1 Å². The molecule has 0 heterocycles. The van der Waals surface area contributed by atoms with Gasteiger partial charge in [0.05, 0.1) is 21.3 Å². The number of carboxylic acids is 1. The number of thiocarbonyl (C=S) groups is 1. The molecule has 3 N–H and O–H groups in total. The summed E-state index contributed by atoms with van der Waals surface area (Å²) in [5, 5.41) is 14.4. The topological polar surface area (TPSA) is 78.4 Å². The number of hydrogen-bond donors (Lipinski definition) is 3. The fraction of sp³-hybridized carbons (Fsp3) is 0.167. The Bertz CT molecular complexity index is 867. The third kappa shape index (κ3) is 4.94. The SMILES string of the molecule is CC(C)c1ccc(C(=O)NC(=S)Nc2cc(C(=O)O)cc(Cl)c2Cl)cc1. The summed E-state index contributed by atoms with van der Waals surface area (Å²) in [6, 6.07) is 9.69. The number of anilines is 1. The van der Waals surface area contributed by atoms with Gasteiger partial charge in [-0.1, -0.05) is 49.2 Å². The number of halogens is 2. The zero-order valence-corrected chi connectivity index (χ0v) is 16.3. The number of carbonyl (C=O) groups is 2. The van der Waals surface area contributed by atoms with Gasteiger partial charge in [0.25, 0.3) is 5.91 Å². The van der Waals surface area contributed by atoms with Gasteiger partial charge in [0.15, 0.2) is 5.11 Å². The molecule has 0 aliphatic heterocycles. The van der Waals surface area contributed by atoms with Crippen LogP contribution in [0.5, 0.6) is 0 Å². The Morgan fingerprint density at radius 2 is 1.69 bits per heavy atom. The number of benzene rings is 2. The quantitative estimate of drug-likeness (QED) is 0.621. The van der Waals surface area contributed by atoms with E-state index >= 15 is 0 Å². The zero-order chi connectivity index (χ0) is 19.4. The minimum atomic E-state index is -1.16. The predicted octanol–water partition coefficient (Wildman–Crippen LogP) is 4.94. The lowest BCUT2D eigenvalue weighted by Crippen LogP contribution is -2.34. The summed E-state index contributed by atoms with van der Waals surface area (Å²) in [6.07, 6.45) is 0. The molecule has 8 heteroatoms. The molecule has 0 aliphatic carbocycles. The Balaban J connectivity index is 2.11. The fourth-order valence-corrected chi connectivity index (χ4v) is 2.73. The van der Waals surface area contributed by atoms with Crippen molar-refractivity contribution in [1.82, 2.24) is 5.32 Å². The Morgan fingerprint density at radius 3 is 2.23 bits per heavy atom. The molecular weight excluding hydrogens is 395 g/mol. The van der Waals surface area contributed by atoms with E-state index in [0.717, 1.165) is 5.56 Å². The van der Waals surface area contributed by atoms with Crippen molar-refractivity contribution in [3.63, 3.8) is 0 Å². The normalized spacial score (nSPS) is 10.5.